The number of guanidine groups is 1. The largest absolute Gasteiger partial charge is 0.477 e. The van der Waals surface area contributed by atoms with E-state index in [-0.39, 0.29) is 24.0 Å². The molecule has 1 aliphatic rings. The van der Waals surface area contributed by atoms with Gasteiger partial charge in [-0.1, -0.05) is 19.4 Å². The minimum atomic E-state index is 0. The van der Waals surface area contributed by atoms with Gasteiger partial charge in [-0.3, -0.25) is 4.99 Å². The molecule has 0 saturated carbocycles. The molecule has 0 aliphatic carbocycles. The molecular weight excluding hydrogens is 367 g/mol. The van der Waals surface area contributed by atoms with Gasteiger partial charge in [-0.05, 0) is 18.9 Å². The summed E-state index contributed by atoms with van der Waals surface area (Å²) in [5, 5.41) is 6.53. The molecule has 0 saturated heterocycles. The minimum Gasteiger partial charge on any atom is -0.477 e. The lowest BCUT2D eigenvalue weighted by Crippen LogP contribution is -2.40. The number of unbranched alkanes of at least 4 members (excludes halogenated alkanes) is 1. The van der Waals surface area contributed by atoms with Crippen LogP contribution in [0.25, 0.3) is 0 Å². The Morgan fingerprint density at radius 1 is 1.45 bits per heavy atom. The van der Waals surface area contributed by atoms with E-state index < -0.39 is 0 Å². The number of aliphatic imine (C=N–C) groups is 1. The van der Waals surface area contributed by atoms with E-state index in [4.69, 9.17) is 4.74 Å². The summed E-state index contributed by atoms with van der Waals surface area (Å²) in [4.78, 5) is 8.67. The van der Waals surface area contributed by atoms with Gasteiger partial charge in [-0.25, -0.2) is 4.98 Å². The summed E-state index contributed by atoms with van der Waals surface area (Å²) in [6, 6.07) is 3.96. The van der Waals surface area contributed by atoms with Crippen LogP contribution in [0.2, 0.25) is 0 Å². The molecule has 2 rings (SSSR count). The van der Waals surface area contributed by atoms with Crippen molar-refractivity contribution in [2.75, 3.05) is 19.7 Å². The van der Waals surface area contributed by atoms with Crippen molar-refractivity contribution in [2.24, 2.45) is 4.99 Å². The summed E-state index contributed by atoms with van der Waals surface area (Å²) < 4.78 is 5.71. The Morgan fingerprint density at radius 3 is 3.10 bits per heavy atom. The fraction of sp³-hybridized carbons (Fsp3) is 0.571. The molecule has 1 aliphatic heterocycles. The second kappa shape index (κ2) is 9.79. The Morgan fingerprint density at radius 2 is 2.35 bits per heavy atom. The van der Waals surface area contributed by atoms with Crippen LogP contribution in [0.1, 0.15) is 31.7 Å². The number of aromatic nitrogens is 1. The van der Waals surface area contributed by atoms with Crippen molar-refractivity contribution in [3.8, 4) is 5.88 Å². The first-order valence-corrected chi connectivity index (χ1v) is 6.99. The molecule has 0 radical (unpaired) electrons. The lowest BCUT2D eigenvalue weighted by Gasteiger charge is -2.17. The van der Waals surface area contributed by atoms with E-state index in [2.05, 4.69) is 27.5 Å². The first kappa shape index (κ1) is 17.0. The molecule has 0 amide bonds. The number of hydrogen-bond donors (Lipinski definition) is 2. The molecule has 5 nitrogen and oxygen atoms in total. The molecule has 0 bridgehead atoms. The van der Waals surface area contributed by atoms with Gasteiger partial charge in [0.05, 0.1) is 6.61 Å². The maximum atomic E-state index is 5.71. The standard InChI is InChI=1S/C14H22N4O.HI/c1-2-3-10-19-13-12(6-4-7-15-13)11-18-14-16-8-5-9-17-14;/h4,6-7H,2-3,5,8-11H2,1H3,(H2,16,17,18);1H. The minimum absolute atomic E-state index is 0. The van der Waals surface area contributed by atoms with E-state index in [1.54, 1.807) is 6.20 Å². The molecule has 0 aromatic carbocycles. The second-order valence-corrected chi connectivity index (χ2v) is 4.53. The van der Waals surface area contributed by atoms with Gasteiger partial charge in [0, 0.05) is 31.4 Å². The van der Waals surface area contributed by atoms with Gasteiger partial charge in [0.25, 0.3) is 0 Å². The van der Waals surface area contributed by atoms with Crippen molar-refractivity contribution in [1.29, 1.82) is 0 Å². The van der Waals surface area contributed by atoms with Gasteiger partial charge in [0.2, 0.25) is 5.88 Å². The fourth-order valence-electron chi connectivity index (χ4n) is 1.83. The van der Waals surface area contributed by atoms with Crippen molar-refractivity contribution < 1.29 is 4.74 Å². The molecule has 0 spiro atoms. The Hall–Kier alpha value is -1.05. The van der Waals surface area contributed by atoms with Crippen molar-refractivity contribution in [1.82, 2.24) is 15.6 Å². The Kier molecular flexibility index (Phi) is 8.32. The van der Waals surface area contributed by atoms with Crippen LogP contribution in [0, 0.1) is 0 Å². The molecule has 0 fully saturated rings. The fourth-order valence-corrected chi connectivity index (χ4v) is 1.83. The monoisotopic (exact) mass is 390 g/mol. The maximum absolute atomic E-state index is 5.71. The molecule has 20 heavy (non-hydrogen) atoms. The van der Waals surface area contributed by atoms with E-state index >= 15 is 0 Å². The second-order valence-electron chi connectivity index (χ2n) is 4.53. The highest BCUT2D eigenvalue weighted by Crippen LogP contribution is 2.14. The highest BCUT2D eigenvalue weighted by atomic mass is 127. The highest BCUT2D eigenvalue weighted by Gasteiger charge is 2.07. The van der Waals surface area contributed by atoms with Crippen LogP contribution in [0.5, 0.6) is 5.88 Å². The van der Waals surface area contributed by atoms with Gasteiger partial charge in [-0.2, -0.15) is 0 Å². The molecule has 112 valence electrons. The number of hydrogen-bond acceptors (Lipinski definition) is 5. The average molecular weight is 390 g/mol. The van der Waals surface area contributed by atoms with Gasteiger partial charge < -0.3 is 15.4 Å². The summed E-state index contributed by atoms with van der Waals surface area (Å²) in [5.41, 5.74) is 1.06. The average Bonchev–Trinajstić information content (AvgIpc) is 2.48. The van der Waals surface area contributed by atoms with Crippen LogP contribution in [0.4, 0.5) is 0 Å². The molecule has 6 heteroatoms. The third kappa shape index (κ3) is 5.52. The predicted molar refractivity (Wildman–Crippen MR) is 91.8 cm³/mol. The van der Waals surface area contributed by atoms with Crippen molar-refractivity contribution in [3.63, 3.8) is 0 Å². The molecule has 1 aromatic heterocycles. The topological polar surface area (TPSA) is 58.5 Å². The normalized spacial score (nSPS) is 13.8. The highest BCUT2D eigenvalue weighted by molar-refractivity contribution is 14.0. The van der Waals surface area contributed by atoms with Crippen molar-refractivity contribution in [2.45, 2.75) is 32.7 Å². The maximum Gasteiger partial charge on any atom is 0.218 e. The first-order chi connectivity index (χ1) is 9.40. The zero-order valence-electron chi connectivity index (χ0n) is 11.9. The molecule has 1 aromatic rings. The summed E-state index contributed by atoms with van der Waals surface area (Å²) in [6.45, 7) is 5.43. The van der Waals surface area contributed by atoms with Crippen LogP contribution in [-0.2, 0) is 6.54 Å². The SMILES string of the molecule is CCCCOc1ncccc1CNC1=NCCCN1.I. The summed E-state index contributed by atoms with van der Waals surface area (Å²) in [5.74, 6) is 1.59. The van der Waals surface area contributed by atoms with E-state index in [0.717, 1.165) is 56.4 Å². The lowest BCUT2D eigenvalue weighted by atomic mass is 10.2. The number of nitrogens with zero attached hydrogens (tertiary/aromatic N) is 2. The van der Waals surface area contributed by atoms with Crippen molar-refractivity contribution in [3.05, 3.63) is 23.9 Å². The van der Waals surface area contributed by atoms with Crippen LogP contribution in [-0.4, -0.2) is 30.6 Å². The number of halogens is 1. The van der Waals surface area contributed by atoms with Gasteiger partial charge in [-0.15, -0.1) is 24.0 Å². The third-order valence-corrected chi connectivity index (χ3v) is 2.93. The lowest BCUT2D eigenvalue weighted by molar-refractivity contribution is 0.294. The third-order valence-electron chi connectivity index (χ3n) is 2.93. The summed E-state index contributed by atoms with van der Waals surface area (Å²) >= 11 is 0. The van der Waals surface area contributed by atoms with E-state index in [0.29, 0.717) is 6.54 Å². The van der Waals surface area contributed by atoms with E-state index in [9.17, 15) is 0 Å². The summed E-state index contributed by atoms with van der Waals surface area (Å²) in [7, 11) is 0. The molecule has 2 heterocycles. The first-order valence-electron chi connectivity index (χ1n) is 6.99. The Balaban J connectivity index is 0.00000200. The van der Waals surface area contributed by atoms with Crippen LogP contribution < -0.4 is 15.4 Å². The molecule has 0 unspecified atom stereocenters. The Labute approximate surface area is 137 Å². The van der Waals surface area contributed by atoms with E-state index in [1.807, 2.05) is 12.1 Å². The number of pyridine rings is 1. The van der Waals surface area contributed by atoms with Gasteiger partial charge >= 0.3 is 0 Å². The molecular formula is C14H23IN4O. The van der Waals surface area contributed by atoms with Gasteiger partial charge in [0.15, 0.2) is 5.96 Å². The number of rotatable bonds is 6. The van der Waals surface area contributed by atoms with Crippen LogP contribution in [0.3, 0.4) is 0 Å². The predicted octanol–water partition coefficient (Wildman–Crippen LogP) is 2.32. The number of nitrogens with one attached hydrogen (secondary N) is 2. The van der Waals surface area contributed by atoms with Gasteiger partial charge in [0.1, 0.15) is 0 Å². The molecule has 2 N–H and O–H groups in total. The summed E-state index contributed by atoms with van der Waals surface area (Å²) in [6.07, 6.45) is 5.05. The van der Waals surface area contributed by atoms with Crippen LogP contribution in [0.15, 0.2) is 23.3 Å². The zero-order valence-corrected chi connectivity index (χ0v) is 14.2. The zero-order chi connectivity index (χ0) is 13.3. The quantitative estimate of drug-likeness (QED) is 0.578. The number of ether oxygens (including phenoxy) is 1. The van der Waals surface area contributed by atoms with Crippen molar-refractivity contribution >= 4 is 29.9 Å². The van der Waals surface area contributed by atoms with Crippen LogP contribution >= 0.6 is 24.0 Å². The Bertz CT molecular complexity index is 425. The smallest absolute Gasteiger partial charge is 0.218 e. The molecule has 0 atom stereocenters. The van der Waals surface area contributed by atoms with E-state index in [1.165, 1.54) is 0 Å².